The summed E-state index contributed by atoms with van der Waals surface area (Å²) in [5, 5.41) is 53.5. The number of fused-ring (bicyclic) bond motifs is 6. The number of carbonyl (C=O) groups excluding carboxylic acids is 12. The molecule has 4 unspecified atom stereocenters. The van der Waals surface area contributed by atoms with Gasteiger partial charge in [0.25, 0.3) is 21.1 Å². The predicted octanol–water partition coefficient (Wildman–Crippen LogP) is -2.20. The second kappa shape index (κ2) is 43.6. The van der Waals surface area contributed by atoms with Crippen LogP contribution in [0.15, 0.2) is 41.4 Å². The minimum atomic E-state index is -4.47. The van der Waals surface area contributed by atoms with Crippen molar-refractivity contribution in [3.05, 3.63) is 53.3 Å². The molecule has 0 spiro atoms. The zero-order valence-corrected chi connectivity index (χ0v) is 68.7. The Labute approximate surface area is 681 Å². The number of aromatic nitrogens is 3. The summed E-state index contributed by atoms with van der Waals surface area (Å²) in [6.45, 7) is 5.13. The lowest BCUT2D eigenvalue weighted by Crippen LogP contribution is -2.60. The second-order valence-corrected chi connectivity index (χ2v) is 35.7. The van der Waals surface area contributed by atoms with E-state index in [1.54, 1.807) is 39.8 Å². The van der Waals surface area contributed by atoms with Gasteiger partial charge in [-0.25, -0.2) is 14.8 Å². The number of primary amides is 2. The second-order valence-electron chi connectivity index (χ2n) is 29.6. The van der Waals surface area contributed by atoms with Gasteiger partial charge in [0.15, 0.2) is 6.04 Å². The van der Waals surface area contributed by atoms with E-state index < -0.39 is 215 Å². The number of aliphatic hydroxyl groups excluding tert-OH is 3. The molecule has 4 aromatic rings. The molecule has 2 aliphatic carbocycles. The van der Waals surface area contributed by atoms with E-state index in [1.165, 1.54) is 90.8 Å². The van der Waals surface area contributed by atoms with Crippen molar-refractivity contribution in [2.45, 2.75) is 163 Å². The summed E-state index contributed by atoms with van der Waals surface area (Å²) in [5.41, 5.74) is 15.2. The maximum atomic E-state index is 14.9. The van der Waals surface area contributed by atoms with Gasteiger partial charge in [-0.3, -0.25) is 62.6 Å². The first-order chi connectivity index (χ1) is 55.0. The molecule has 2 fully saturated rings. The smallest absolute Gasteiger partial charge is 0.414 e. The number of hydrogen-bond acceptors (Lipinski definition) is 27. The Balaban J connectivity index is 0.868. The molecule has 43 heteroatoms. The van der Waals surface area contributed by atoms with Crippen molar-refractivity contribution in [1.82, 2.24) is 72.6 Å². The van der Waals surface area contributed by atoms with Gasteiger partial charge in [-0.05, 0) is 87.6 Å². The van der Waals surface area contributed by atoms with Crippen molar-refractivity contribution in [3.63, 3.8) is 0 Å². The summed E-state index contributed by atoms with van der Waals surface area (Å²) in [4.78, 5) is 177. The summed E-state index contributed by atoms with van der Waals surface area (Å²) < 4.78 is 69.3. The maximum absolute atomic E-state index is 14.9. The van der Waals surface area contributed by atoms with Gasteiger partial charge in [0.1, 0.15) is 48.4 Å². The SMILES string of the molecule is CC[C@H](C)[C@@H]1NC(=O)CNCOc2c([nH]c3cc(OC(=O)N(C)CCSSC(C)(C)C(NC(=O)CCOCCOCCNC(=O)c4ccc5nc6c(nc5c4)CC4CCCCCC4C6)C(=O)NCCS(=O)(=O)O)ccc23)[S+]([O-])C[C@@H](C(=O)N[C@@H](CC(N)=O)C(=O)N2C[C@H](O)C[C@H]2C(=O)N[C@H](C(N)=O)[C@@H](C)[C@@H](O)CO)NC(=O)CNC1=O. The van der Waals surface area contributed by atoms with Crippen LogP contribution >= 0.6 is 21.6 Å². The number of likely N-dealkylation sites (tertiary alicyclic amines) is 1. The molecule has 4 aliphatic rings. The fraction of sp³-hybridized carbons (Fsp3) is 0.616. The standard InChI is InChI=1S/C73H106N16O23S4/c1-7-39(2)60-68(101)79-34-59(96)82-53(66(99)83-52(32-56(74)93)71(103)89-35-44(91)30-54(89)67(100)87-61(64(75)97)40(3)55(92)36-90)37-115(105)70-62(111-38-76-33-58(95)85-60)46-15-14-45(31-48(46)84-70)112-72(104)88(6)20-25-113-114-73(4,5)63(69(102)78-19-26-116(106,107)108)86-57(94)17-21-109-23-24-110-22-18-77-65(98)43-13-16-47-49(29-43)81-51-28-42-12-10-8-9-11-41(42)27-50(51)80-47/h13-16,29,31,39-42,44,52-55,60-61,63,76,84,90-92H,7-12,17-28,30,32-38H2,1-6H3,(H2,74,93)(H2,75,97)(H,77,98)(H,78,102)(H,79,101)(H,82,96)(H,83,99)(H,85,95)(H,86,94)(H,87,100)(H,106,107,108)/t39-,40-,41?,42?,44+,52-,53-,54-,55-,60-,61-,63?,115?/m0/s1. The van der Waals surface area contributed by atoms with Gasteiger partial charge in [0, 0.05) is 90.7 Å². The van der Waals surface area contributed by atoms with Gasteiger partial charge in [-0.1, -0.05) is 68.0 Å². The molecular formula is C73H106N16O23S4. The highest BCUT2D eigenvalue weighted by atomic mass is 33.1. The number of hydrogen-bond donors (Lipinski definition) is 16. The summed E-state index contributed by atoms with van der Waals surface area (Å²) in [6.07, 6.45) is 3.14. The van der Waals surface area contributed by atoms with Crippen LogP contribution in [0, 0.1) is 23.7 Å². The number of β-amino-alcohol motifs (C(OH)–C–C–N with tert-alkyl or cyclic N) is 1. The lowest BCUT2D eigenvalue weighted by Gasteiger charge is -2.33. The van der Waals surface area contributed by atoms with Gasteiger partial charge in [-0.2, -0.15) is 8.42 Å². The van der Waals surface area contributed by atoms with Crippen LogP contribution < -0.4 is 68.8 Å². The topological polar surface area (TPSA) is 588 Å². The van der Waals surface area contributed by atoms with Gasteiger partial charge >= 0.3 is 6.09 Å². The van der Waals surface area contributed by atoms with E-state index in [0.717, 1.165) is 34.6 Å². The minimum Gasteiger partial charge on any atom is -0.610 e. The number of benzene rings is 2. The Morgan fingerprint density at radius 3 is 2.23 bits per heavy atom. The van der Waals surface area contributed by atoms with Crippen LogP contribution in [0.4, 0.5) is 4.79 Å². The first-order valence-corrected chi connectivity index (χ1v) is 43.5. The molecule has 13 atom stereocenters. The number of nitrogens with one attached hydrogen (secondary N) is 10. The number of rotatable bonds is 35. The molecule has 1 saturated heterocycles. The Morgan fingerprint density at radius 1 is 0.871 bits per heavy atom. The normalized spacial score (nSPS) is 21.3. The van der Waals surface area contributed by atoms with Gasteiger partial charge in [0.05, 0.1) is 98.4 Å². The van der Waals surface area contributed by atoms with Crippen LogP contribution in [-0.2, 0) is 91.6 Å². The summed E-state index contributed by atoms with van der Waals surface area (Å²) in [6, 6.07) is -0.00364. The fourth-order valence-corrected chi connectivity index (χ4v) is 18.1. The first kappa shape index (κ1) is 92.7. The molecule has 12 amide bonds. The highest BCUT2D eigenvalue weighted by molar-refractivity contribution is 8.77. The van der Waals surface area contributed by atoms with E-state index >= 15 is 0 Å². The van der Waals surface area contributed by atoms with Crippen molar-refractivity contribution in [3.8, 4) is 11.5 Å². The van der Waals surface area contributed by atoms with Gasteiger partial charge in [-0.15, -0.1) is 0 Å². The first-order valence-electron chi connectivity index (χ1n) is 38.2. The zero-order valence-electron chi connectivity index (χ0n) is 65.4. The Bertz CT molecular complexity index is 4300. The van der Waals surface area contributed by atoms with Crippen LogP contribution in [0.2, 0.25) is 0 Å². The van der Waals surface area contributed by atoms with Crippen molar-refractivity contribution < 1.29 is 109 Å². The maximum Gasteiger partial charge on any atom is 0.414 e. The molecule has 0 radical (unpaired) electrons. The van der Waals surface area contributed by atoms with Crippen LogP contribution in [0.1, 0.15) is 114 Å². The molecule has 2 aromatic heterocycles. The highest BCUT2D eigenvalue weighted by Crippen LogP contribution is 2.41. The quantitative estimate of drug-likeness (QED) is 0.0101. The van der Waals surface area contributed by atoms with Crippen molar-refractivity contribution in [1.29, 1.82) is 0 Å². The lowest BCUT2D eigenvalue weighted by atomic mass is 9.77. The average Bonchev–Trinajstić information content (AvgIpc) is 1.59. The number of carbonyl (C=O) groups is 12. The highest BCUT2D eigenvalue weighted by Gasteiger charge is 2.45. The number of nitrogens with zero attached hydrogens (tertiary/aromatic N) is 4. The molecule has 0 bridgehead atoms. The van der Waals surface area contributed by atoms with E-state index in [2.05, 4.69) is 52.8 Å². The number of aromatic amines is 1. The van der Waals surface area contributed by atoms with Gasteiger partial charge in [0.2, 0.25) is 64.8 Å². The summed E-state index contributed by atoms with van der Waals surface area (Å²) >= 11 is -2.47. The van der Waals surface area contributed by atoms with E-state index in [-0.39, 0.29) is 85.0 Å². The molecule has 2 aliphatic heterocycles. The van der Waals surface area contributed by atoms with E-state index in [1.807, 2.05) is 6.07 Å². The molecular weight excluding hydrogens is 1600 g/mol. The van der Waals surface area contributed by atoms with E-state index in [4.69, 9.17) is 40.4 Å². The molecule has 8 rings (SSSR count). The molecule has 116 heavy (non-hydrogen) atoms. The van der Waals surface area contributed by atoms with Crippen molar-refractivity contribution in [2.24, 2.45) is 35.1 Å². The van der Waals surface area contributed by atoms with Crippen LogP contribution in [0.3, 0.4) is 0 Å². The zero-order chi connectivity index (χ0) is 84.7. The van der Waals surface area contributed by atoms with Gasteiger partial charge < -0.3 is 108 Å². The third-order valence-electron chi connectivity index (χ3n) is 20.4. The molecule has 39 nitrogen and oxygen atoms in total. The largest absolute Gasteiger partial charge is 0.610 e. The predicted molar refractivity (Wildman–Crippen MR) is 424 cm³/mol. The number of nitrogens with two attached hydrogens (primary N) is 2. The van der Waals surface area contributed by atoms with Crippen LogP contribution in [-0.4, -0.2) is 285 Å². The van der Waals surface area contributed by atoms with E-state index in [0.29, 0.717) is 29.3 Å². The number of amides is 12. The third kappa shape index (κ3) is 26.9. The molecule has 2 aromatic carbocycles. The minimum absolute atomic E-state index is 0.0452. The monoisotopic (exact) mass is 1700 g/mol. The third-order valence-corrected chi connectivity index (χ3v) is 25.8. The summed E-state index contributed by atoms with van der Waals surface area (Å²) in [5.74, 6) is -11.9. The molecule has 18 N–H and O–H groups in total. The Hall–Kier alpha value is -8.76. The van der Waals surface area contributed by atoms with Crippen LogP contribution in [0.5, 0.6) is 11.5 Å². The number of aliphatic hydroxyl groups is 3. The fourth-order valence-electron chi connectivity index (χ4n) is 13.7. The molecule has 4 heterocycles. The Kier molecular flexibility index (Phi) is 34.9. The van der Waals surface area contributed by atoms with Crippen molar-refractivity contribution >= 4 is 136 Å². The lowest BCUT2D eigenvalue weighted by molar-refractivity contribution is -0.143. The molecule has 640 valence electrons. The number of H-pyrrole nitrogens is 1. The molecule has 1 saturated carbocycles. The number of ether oxygens (including phenoxy) is 4. The van der Waals surface area contributed by atoms with E-state index in [9.17, 15) is 90.4 Å². The Morgan fingerprint density at radius 2 is 1.56 bits per heavy atom. The average molecular weight is 1700 g/mol. The van der Waals surface area contributed by atoms with Crippen LogP contribution in [0.25, 0.3) is 21.9 Å². The summed E-state index contributed by atoms with van der Waals surface area (Å²) in [7, 11) is -0.646. The van der Waals surface area contributed by atoms with Crippen molar-refractivity contribution in [2.75, 3.05) is 103 Å².